The van der Waals surface area contributed by atoms with E-state index in [1.54, 1.807) is 29.1 Å². The fourth-order valence-electron chi connectivity index (χ4n) is 3.52. The Morgan fingerprint density at radius 3 is 2.70 bits per heavy atom. The average Bonchev–Trinajstić information content (AvgIpc) is 2.64. The van der Waals surface area contributed by atoms with E-state index in [0.29, 0.717) is 5.92 Å². The van der Waals surface area contributed by atoms with Gasteiger partial charge in [-0.2, -0.15) is 0 Å². The number of amidine groups is 1. The lowest BCUT2D eigenvalue weighted by molar-refractivity contribution is -0.149. The third-order valence-corrected chi connectivity index (χ3v) is 6.48. The molecule has 3 rings (SSSR count). The van der Waals surface area contributed by atoms with E-state index in [1.165, 1.54) is 6.08 Å². The Labute approximate surface area is 159 Å². The number of hydrogen-bond acceptors (Lipinski definition) is 6. The van der Waals surface area contributed by atoms with Gasteiger partial charge in [-0.3, -0.25) is 4.79 Å². The Morgan fingerprint density at radius 1 is 1.30 bits per heavy atom. The van der Waals surface area contributed by atoms with Crippen LogP contribution in [0, 0.1) is 5.92 Å². The molecule has 0 N–H and O–H groups in total. The summed E-state index contributed by atoms with van der Waals surface area (Å²) in [6, 6.07) is 0.174. The molecule has 8 nitrogen and oxygen atoms in total. The topological polar surface area (TPSA) is 96.4 Å². The summed E-state index contributed by atoms with van der Waals surface area (Å²) in [5.41, 5.74) is 0.0442. The Hall–Kier alpha value is -2.16. The molecular formula is C18H25N3O5S. The summed E-state index contributed by atoms with van der Waals surface area (Å²) >= 11 is 0. The summed E-state index contributed by atoms with van der Waals surface area (Å²) < 4.78 is 32.3. The largest absolute Gasteiger partial charge is 0.452 e. The fraction of sp³-hybridized carbons (Fsp3) is 0.611. The molecule has 0 radical (unpaired) electrons. The number of ether oxygens (including phenoxy) is 1. The highest BCUT2D eigenvalue weighted by Crippen LogP contribution is 2.26. The highest BCUT2D eigenvalue weighted by Gasteiger charge is 2.31. The predicted octanol–water partition coefficient (Wildman–Crippen LogP) is 1.06. The van der Waals surface area contributed by atoms with Crippen LogP contribution in [0.15, 0.2) is 28.3 Å². The van der Waals surface area contributed by atoms with Crippen LogP contribution in [0.25, 0.3) is 0 Å². The first kappa shape index (κ1) is 19.6. The quantitative estimate of drug-likeness (QED) is 0.661. The van der Waals surface area contributed by atoms with Gasteiger partial charge in [-0.05, 0) is 43.8 Å². The SMILES string of the molecule is CC1CCC(N(C)C(=O)COC(=O)C2=CC=CN3CCS(=O)(=O)N=C23)CC1. The lowest BCUT2D eigenvalue weighted by atomic mass is 9.87. The molecule has 0 bridgehead atoms. The minimum Gasteiger partial charge on any atom is -0.452 e. The number of carbonyl (C=O) groups excluding carboxylic acids is 2. The zero-order chi connectivity index (χ0) is 19.6. The molecule has 1 saturated carbocycles. The van der Waals surface area contributed by atoms with Gasteiger partial charge < -0.3 is 14.5 Å². The number of rotatable bonds is 4. The van der Waals surface area contributed by atoms with Crippen LogP contribution in [0.5, 0.6) is 0 Å². The fourth-order valence-corrected chi connectivity index (χ4v) is 4.50. The van der Waals surface area contributed by atoms with Crippen LogP contribution >= 0.6 is 0 Å². The molecule has 0 saturated heterocycles. The average molecular weight is 395 g/mol. The summed E-state index contributed by atoms with van der Waals surface area (Å²) in [6.07, 6.45) is 8.83. The Kier molecular flexibility index (Phi) is 5.69. The van der Waals surface area contributed by atoms with Gasteiger partial charge in [0.05, 0.1) is 5.75 Å². The van der Waals surface area contributed by atoms with Crippen molar-refractivity contribution in [3.63, 3.8) is 0 Å². The van der Waals surface area contributed by atoms with Crippen molar-refractivity contribution < 1.29 is 22.7 Å². The second-order valence-corrected chi connectivity index (χ2v) is 9.07. The van der Waals surface area contributed by atoms with Gasteiger partial charge in [0, 0.05) is 25.8 Å². The molecule has 148 valence electrons. The minimum absolute atomic E-state index is 0.0442. The van der Waals surface area contributed by atoms with E-state index in [2.05, 4.69) is 11.3 Å². The molecule has 1 amide bonds. The van der Waals surface area contributed by atoms with Crippen LogP contribution in [0.1, 0.15) is 32.6 Å². The van der Waals surface area contributed by atoms with E-state index < -0.39 is 16.0 Å². The van der Waals surface area contributed by atoms with Crippen LogP contribution in [-0.2, 0) is 24.3 Å². The Morgan fingerprint density at radius 2 is 2.00 bits per heavy atom. The first-order valence-electron chi connectivity index (χ1n) is 9.18. The first-order chi connectivity index (χ1) is 12.8. The number of fused-ring (bicyclic) bond motifs is 1. The number of hydrogen-bond donors (Lipinski definition) is 0. The molecule has 1 fully saturated rings. The highest BCUT2D eigenvalue weighted by atomic mass is 32.2. The lowest BCUT2D eigenvalue weighted by Gasteiger charge is -2.33. The van der Waals surface area contributed by atoms with Crippen LogP contribution in [-0.4, -0.2) is 67.9 Å². The number of amides is 1. The summed E-state index contributed by atoms with van der Waals surface area (Å²) in [4.78, 5) is 28.0. The number of allylic oxidation sites excluding steroid dienone is 2. The second kappa shape index (κ2) is 7.84. The minimum atomic E-state index is -3.59. The number of likely N-dealkylation sites (N-methyl/N-ethyl adjacent to an activating group) is 1. The molecule has 3 aliphatic rings. The smallest absolute Gasteiger partial charge is 0.342 e. The zero-order valence-corrected chi connectivity index (χ0v) is 16.4. The van der Waals surface area contributed by atoms with E-state index in [4.69, 9.17) is 4.74 Å². The Bertz CT molecular complexity index is 807. The van der Waals surface area contributed by atoms with Crippen molar-refractivity contribution in [3.8, 4) is 0 Å². The zero-order valence-electron chi connectivity index (χ0n) is 15.6. The van der Waals surface area contributed by atoms with E-state index in [9.17, 15) is 18.0 Å². The molecule has 1 aliphatic carbocycles. The second-order valence-electron chi connectivity index (χ2n) is 7.31. The van der Waals surface area contributed by atoms with Crippen molar-refractivity contribution in [2.24, 2.45) is 10.3 Å². The van der Waals surface area contributed by atoms with E-state index >= 15 is 0 Å². The molecule has 2 heterocycles. The van der Waals surface area contributed by atoms with E-state index in [1.807, 2.05) is 0 Å². The van der Waals surface area contributed by atoms with Crippen LogP contribution in [0.2, 0.25) is 0 Å². The monoisotopic (exact) mass is 395 g/mol. The maximum Gasteiger partial charge on any atom is 0.342 e. The maximum absolute atomic E-state index is 12.4. The third-order valence-electron chi connectivity index (χ3n) is 5.33. The van der Waals surface area contributed by atoms with Gasteiger partial charge in [0.15, 0.2) is 12.4 Å². The number of sulfonamides is 1. The van der Waals surface area contributed by atoms with Crippen LogP contribution in [0.4, 0.5) is 0 Å². The van der Waals surface area contributed by atoms with Crippen molar-refractivity contribution in [2.45, 2.75) is 38.6 Å². The Balaban J connectivity index is 1.60. The van der Waals surface area contributed by atoms with Crippen LogP contribution < -0.4 is 0 Å². The van der Waals surface area contributed by atoms with Gasteiger partial charge in [0.1, 0.15) is 5.57 Å². The van der Waals surface area contributed by atoms with Crippen molar-refractivity contribution in [3.05, 3.63) is 23.9 Å². The summed E-state index contributed by atoms with van der Waals surface area (Å²) in [6.45, 7) is 2.07. The molecule has 9 heteroatoms. The highest BCUT2D eigenvalue weighted by molar-refractivity contribution is 7.90. The van der Waals surface area contributed by atoms with Crippen molar-refractivity contribution in [1.82, 2.24) is 9.80 Å². The van der Waals surface area contributed by atoms with Gasteiger partial charge in [0.25, 0.3) is 15.9 Å². The molecule has 0 spiro atoms. The van der Waals surface area contributed by atoms with Crippen molar-refractivity contribution in [1.29, 1.82) is 0 Å². The standard InChI is InChI=1S/C18H25N3O5S/c1-13-5-7-14(8-6-13)20(2)16(22)12-26-18(23)15-4-3-9-21-10-11-27(24,25)19-17(15)21/h3-4,9,13-14H,5-8,10-12H2,1-2H3. The van der Waals surface area contributed by atoms with Crippen molar-refractivity contribution in [2.75, 3.05) is 26.0 Å². The van der Waals surface area contributed by atoms with E-state index in [0.717, 1.165) is 25.7 Å². The van der Waals surface area contributed by atoms with Crippen molar-refractivity contribution >= 4 is 27.7 Å². The van der Waals surface area contributed by atoms with Crippen LogP contribution in [0.3, 0.4) is 0 Å². The number of esters is 1. The molecule has 2 aliphatic heterocycles. The third kappa shape index (κ3) is 4.58. The molecule has 0 atom stereocenters. The lowest BCUT2D eigenvalue weighted by Crippen LogP contribution is -2.42. The molecule has 0 unspecified atom stereocenters. The molecule has 27 heavy (non-hydrogen) atoms. The maximum atomic E-state index is 12.4. The molecule has 0 aromatic heterocycles. The molecule has 0 aromatic rings. The normalized spacial score (nSPS) is 26.5. The molecule has 0 aromatic carbocycles. The van der Waals surface area contributed by atoms with Gasteiger partial charge in [-0.1, -0.05) is 6.92 Å². The van der Waals surface area contributed by atoms with Gasteiger partial charge in [0.2, 0.25) is 0 Å². The molecular weight excluding hydrogens is 370 g/mol. The summed E-state index contributed by atoms with van der Waals surface area (Å²) in [7, 11) is -1.86. The van der Waals surface area contributed by atoms with E-state index in [-0.39, 0.29) is 42.3 Å². The number of nitrogens with zero attached hydrogens (tertiary/aromatic N) is 3. The summed E-state index contributed by atoms with van der Waals surface area (Å²) in [5, 5.41) is 0. The predicted molar refractivity (Wildman–Crippen MR) is 100 cm³/mol. The first-order valence-corrected chi connectivity index (χ1v) is 10.8. The van der Waals surface area contributed by atoms with Gasteiger partial charge >= 0.3 is 5.97 Å². The summed E-state index contributed by atoms with van der Waals surface area (Å²) in [5.74, 6) is -0.378. The van der Waals surface area contributed by atoms with Gasteiger partial charge in [-0.15, -0.1) is 4.40 Å². The van der Waals surface area contributed by atoms with Gasteiger partial charge in [-0.25, -0.2) is 13.2 Å². The number of carbonyl (C=O) groups is 2.